The molecule has 0 bridgehead atoms. The van der Waals surface area contributed by atoms with Crippen LogP contribution in [-0.4, -0.2) is 49.8 Å². The molecular formula is C26H39LiN2OSSi. The number of thiophene rings is 1. The summed E-state index contributed by atoms with van der Waals surface area (Å²) in [6, 6.07) is 15.4. The minimum Gasteiger partial charge on any atom is -0.543 e. The van der Waals surface area contributed by atoms with E-state index in [2.05, 4.69) is 106 Å². The summed E-state index contributed by atoms with van der Waals surface area (Å²) in [5.41, 5.74) is 1.31. The summed E-state index contributed by atoms with van der Waals surface area (Å²) < 4.78 is 6.66. The minimum absolute atomic E-state index is 0. The van der Waals surface area contributed by atoms with Crippen molar-refractivity contribution in [3.63, 3.8) is 0 Å². The molecule has 1 saturated heterocycles. The van der Waals surface area contributed by atoms with Crippen molar-refractivity contribution in [2.24, 2.45) is 0 Å². The van der Waals surface area contributed by atoms with Crippen LogP contribution in [0.15, 0.2) is 48.4 Å². The Hall–Kier alpha value is -0.806. The van der Waals surface area contributed by atoms with Crippen molar-refractivity contribution in [3.8, 4) is 5.75 Å². The van der Waals surface area contributed by atoms with E-state index >= 15 is 0 Å². The summed E-state index contributed by atoms with van der Waals surface area (Å²) in [6.07, 6.45) is 2.02. The predicted molar refractivity (Wildman–Crippen MR) is 137 cm³/mol. The van der Waals surface area contributed by atoms with Crippen molar-refractivity contribution < 1.29 is 23.3 Å². The van der Waals surface area contributed by atoms with Gasteiger partial charge in [0.15, 0.2) is 0 Å². The van der Waals surface area contributed by atoms with Crippen LogP contribution in [0.5, 0.6) is 5.75 Å². The fourth-order valence-corrected chi connectivity index (χ4v) is 5.95. The van der Waals surface area contributed by atoms with Gasteiger partial charge in [-0.25, -0.2) is 12.1 Å². The first-order chi connectivity index (χ1) is 14.5. The third-order valence-corrected chi connectivity index (χ3v) is 12.2. The minimum atomic E-state index is -1.89. The van der Waals surface area contributed by atoms with Gasteiger partial charge in [-0.2, -0.15) is 0 Å². The van der Waals surface area contributed by atoms with Gasteiger partial charge >= 0.3 is 18.9 Å². The number of hydrogen-bond acceptors (Lipinski definition) is 4. The maximum Gasteiger partial charge on any atom is 1.00 e. The van der Waals surface area contributed by atoms with Gasteiger partial charge in [-0.15, -0.1) is 16.8 Å². The van der Waals surface area contributed by atoms with Gasteiger partial charge < -0.3 is 9.33 Å². The Morgan fingerprint density at radius 2 is 1.97 bits per heavy atom. The van der Waals surface area contributed by atoms with Crippen molar-refractivity contribution in [2.45, 2.75) is 70.9 Å². The number of hydrogen-bond donors (Lipinski definition) is 0. The molecule has 3 atom stereocenters. The van der Waals surface area contributed by atoms with Crippen molar-refractivity contribution in [1.29, 1.82) is 0 Å². The monoisotopic (exact) mass is 462 g/mol. The van der Waals surface area contributed by atoms with Gasteiger partial charge in [0.25, 0.3) is 0 Å². The number of rotatable bonds is 7. The first-order valence-corrected chi connectivity index (χ1v) is 15.2. The van der Waals surface area contributed by atoms with E-state index in [1.807, 2.05) is 6.08 Å². The molecule has 0 saturated carbocycles. The van der Waals surface area contributed by atoms with E-state index in [1.54, 1.807) is 11.3 Å². The van der Waals surface area contributed by atoms with Crippen LogP contribution in [-0.2, 0) is 0 Å². The van der Waals surface area contributed by atoms with Crippen molar-refractivity contribution in [3.05, 3.63) is 64.9 Å². The molecular weight excluding hydrogens is 423 g/mol. The summed E-state index contributed by atoms with van der Waals surface area (Å²) in [7, 11) is -1.89. The van der Waals surface area contributed by atoms with Crippen LogP contribution in [0.2, 0.25) is 18.1 Å². The molecule has 0 spiro atoms. The smallest absolute Gasteiger partial charge is 0.543 e. The Bertz CT molecular complexity index is 865. The number of piperazine rings is 1. The second-order valence-electron chi connectivity index (χ2n) is 10.4. The molecule has 1 aliphatic rings. The topological polar surface area (TPSA) is 15.7 Å². The average molecular weight is 463 g/mol. The zero-order valence-electron chi connectivity index (χ0n) is 21.3. The molecule has 2 aromatic rings. The zero-order chi connectivity index (χ0) is 22.8. The molecule has 1 aromatic carbocycles. The maximum absolute atomic E-state index is 6.66. The largest absolute Gasteiger partial charge is 1.00 e. The van der Waals surface area contributed by atoms with E-state index < -0.39 is 8.32 Å². The molecule has 0 N–H and O–H groups in total. The molecule has 3 nitrogen and oxygen atoms in total. The third kappa shape index (κ3) is 6.20. The molecule has 0 amide bonds. The van der Waals surface area contributed by atoms with Gasteiger partial charge in [0, 0.05) is 37.8 Å². The summed E-state index contributed by atoms with van der Waals surface area (Å²) in [6.45, 7) is 23.2. The first kappa shape index (κ1) is 27.4. The summed E-state index contributed by atoms with van der Waals surface area (Å²) in [5.74, 6) is 1.00. The summed E-state index contributed by atoms with van der Waals surface area (Å²) >= 11 is 1.80. The van der Waals surface area contributed by atoms with E-state index in [-0.39, 0.29) is 29.9 Å². The Morgan fingerprint density at radius 3 is 2.56 bits per heavy atom. The number of benzene rings is 1. The molecule has 1 aromatic heterocycles. The quantitative estimate of drug-likeness (QED) is 0.355. The van der Waals surface area contributed by atoms with E-state index in [0.717, 1.165) is 25.4 Å². The first-order valence-electron chi connectivity index (χ1n) is 11.4. The molecule has 0 unspecified atom stereocenters. The van der Waals surface area contributed by atoms with E-state index in [4.69, 9.17) is 4.43 Å². The van der Waals surface area contributed by atoms with Gasteiger partial charge in [0.05, 0.1) is 0 Å². The summed E-state index contributed by atoms with van der Waals surface area (Å²) in [4.78, 5) is 6.54. The Kier molecular flexibility index (Phi) is 9.50. The summed E-state index contributed by atoms with van der Waals surface area (Å²) in [5, 5.41) is 2.25. The van der Waals surface area contributed by atoms with Gasteiger partial charge in [-0.05, 0) is 49.7 Å². The van der Waals surface area contributed by atoms with Gasteiger partial charge in [0.2, 0.25) is 8.32 Å². The Morgan fingerprint density at radius 1 is 1.25 bits per heavy atom. The molecule has 3 rings (SSSR count). The van der Waals surface area contributed by atoms with Crippen LogP contribution < -0.4 is 23.3 Å². The maximum atomic E-state index is 6.66. The number of nitrogens with zero attached hydrogens (tertiary/aromatic N) is 2. The van der Waals surface area contributed by atoms with Crippen LogP contribution in [0.1, 0.15) is 51.1 Å². The van der Waals surface area contributed by atoms with Gasteiger partial charge in [-0.1, -0.05) is 39.0 Å². The molecule has 32 heavy (non-hydrogen) atoms. The normalized spacial score (nSPS) is 21.6. The molecule has 0 radical (unpaired) electrons. The SMILES string of the molecule is C=CCN1C[C@H](C)N([C@@H](c2cccc(O[Si](C)(C)C(C)(C)C)c2)c2c[c-]cs2)C[C@H]1C.[Li+]. The third-order valence-electron chi connectivity index (χ3n) is 6.97. The molecule has 1 aliphatic heterocycles. The fraction of sp³-hybridized carbons (Fsp3) is 0.538. The molecule has 170 valence electrons. The molecule has 2 heterocycles. The van der Waals surface area contributed by atoms with Crippen LogP contribution >= 0.6 is 11.3 Å². The standard InChI is InChI=1S/C26H39N2OSSi.Li/c1-9-15-27-18-21(3)28(19-20(27)2)25(24-14-11-16-30-24)22-12-10-13-23(17-22)29-31(7,8)26(4,5)6;/h9-10,12-14,16-17,20-21,25H,1,15,18-19H2,2-8H3;/q-1;+1/t20-,21+,25+;/m1./s1. The van der Waals surface area contributed by atoms with Gasteiger partial charge in [0.1, 0.15) is 5.75 Å². The van der Waals surface area contributed by atoms with E-state index in [0.29, 0.717) is 12.1 Å². The molecule has 1 fully saturated rings. The van der Waals surface area contributed by atoms with Crippen molar-refractivity contribution in [1.82, 2.24) is 9.80 Å². The molecule has 6 heteroatoms. The van der Waals surface area contributed by atoms with Gasteiger partial charge in [-0.3, -0.25) is 16.2 Å². The second-order valence-corrected chi connectivity index (χ2v) is 16.1. The predicted octanol–water partition coefficient (Wildman–Crippen LogP) is 3.61. The van der Waals surface area contributed by atoms with E-state index in [9.17, 15) is 0 Å². The molecule has 0 aliphatic carbocycles. The van der Waals surface area contributed by atoms with E-state index in [1.165, 1.54) is 10.4 Å². The van der Waals surface area contributed by atoms with Crippen LogP contribution in [0.25, 0.3) is 0 Å². The van der Waals surface area contributed by atoms with Crippen molar-refractivity contribution >= 4 is 19.7 Å². The Labute approximate surface area is 213 Å². The zero-order valence-corrected chi connectivity index (χ0v) is 23.1. The Balaban J connectivity index is 0.00000363. The van der Waals surface area contributed by atoms with Crippen LogP contribution in [0.4, 0.5) is 0 Å². The second kappa shape index (κ2) is 11.1. The van der Waals surface area contributed by atoms with Crippen LogP contribution in [0.3, 0.4) is 0 Å². The fourth-order valence-electron chi connectivity index (χ4n) is 4.12. The average Bonchev–Trinajstić information content (AvgIpc) is 3.19. The van der Waals surface area contributed by atoms with Crippen LogP contribution in [0, 0.1) is 6.07 Å². The van der Waals surface area contributed by atoms with Crippen molar-refractivity contribution in [2.75, 3.05) is 19.6 Å².